The van der Waals surface area contributed by atoms with Gasteiger partial charge in [0.25, 0.3) is 0 Å². The minimum atomic E-state index is -0.340. The molecule has 1 aliphatic heterocycles. The first kappa shape index (κ1) is 17.7. The van der Waals surface area contributed by atoms with E-state index in [4.69, 9.17) is 4.74 Å². The van der Waals surface area contributed by atoms with Crippen LogP contribution in [0.15, 0.2) is 84.0 Å². The van der Waals surface area contributed by atoms with Gasteiger partial charge in [-0.1, -0.05) is 60.7 Å². The van der Waals surface area contributed by atoms with Crippen LogP contribution >= 0.6 is 0 Å². The molecule has 1 unspecified atom stereocenters. The number of amidine groups is 1. The van der Waals surface area contributed by atoms with Gasteiger partial charge < -0.3 is 10.1 Å². The number of methoxy groups -OCH3 is 1. The normalized spacial score (nSPS) is 16.0. The van der Waals surface area contributed by atoms with Crippen LogP contribution in [0, 0.1) is 0 Å². The Bertz CT molecular complexity index is 972. The van der Waals surface area contributed by atoms with Crippen LogP contribution in [0.5, 0.6) is 5.88 Å². The summed E-state index contributed by atoms with van der Waals surface area (Å²) in [7, 11) is 1.56. The summed E-state index contributed by atoms with van der Waals surface area (Å²) in [4.78, 5) is 23.0. The molecule has 2 heterocycles. The number of rotatable bonds is 5. The van der Waals surface area contributed by atoms with Gasteiger partial charge in [0.05, 0.1) is 19.0 Å². The van der Waals surface area contributed by atoms with Gasteiger partial charge in [0.1, 0.15) is 11.9 Å². The average Bonchev–Trinajstić information content (AvgIpc) is 3.09. The van der Waals surface area contributed by atoms with E-state index in [2.05, 4.69) is 15.3 Å². The first-order valence-corrected chi connectivity index (χ1v) is 9.01. The highest BCUT2D eigenvalue weighted by molar-refractivity contribution is 6.13. The summed E-state index contributed by atoms with van der Waals surface area (Å²) in [5.41, 5.74) is 2.76. The number of benzene rings is 2. The van der Waals surface area contributed by atoms with E-state index in [0.717, 1.165) is 11.1 Å². The molecule has 1 aromatic heterocycles. The number of hydrogen-bond acceptors (Lipinski definition) is 4. The molecule has 0 saturated carbocycles. The van der Waals surface area contributed by atoms with E-state index in [1.54, 1.807) is 24.3 Å². The predicted octanol–water partition coefficient (Wildman–Crippen LogP) is 3.96. The van der Waals surface area contributed by atoms with Crippen molar-refractivity contribution in [3.63, 3.8) is 0 Å². The fourth-order valence-corrected chi connectivity index (χ4v) is 3.21. The summed E-state index contributed by atoms with van der Waals surface area (Å²) >= 11 is 0. The number of nitrogens with one attached hydrogen (secondary N) is 1. The summed E-state index contributed by atoms with van der Waals surface area (Å²) in [6.45, 7) is 0.588. The molecule has 0 saturated heterocycles. The number of carbonyl (C=O) groups excluding carboxylic acids is 1. The number of pyridine rings is 1. The number of urea groups is 1. The fourth-order valence-electron chi connectivity index (χ4n) is 3.21. The molecular weight excluding hydrogens is 352 g/mol. The molecule has 28 heavy (non-hydrogen) atoms. The SMILES string of the molecule is COc1ccc(N2C(=O)N=C(NCc3ccccc3)C2c2ccccc2)cn1. The monoisotopic (exact) mass is 372 g/mol. The number of amides is 2. The van der Waals surface area contributed by atoms with Gasteiger partial charge in [0.2, 0.25) is 5.88 Å². The third-order valence-electron chi connectivity index (χ3n) is 4.58. The molecule has 0 fully saturated rings. The molecule has 1 N–H and O–H groups in total. The molecule has 6 heteroatoms. The second kappa shape index (κ2) is 7.92. The minimum Gasteiger partial charge on any atom is -0.481 e. The number of aliphatic imine (C=N–C) groups is 1. The summed E-state index contributed by atoms with van der Waals surface area (Å²) in [5.74, 6) is 1.12. The summed E-state index contributed by atoms with van der Waals surface area (Å²) in [6.07, 6.45) is 1.63. The highest BCUT2D eigenvalue weighted by Gasteiger charge is 2.37. The highest BCUT2D eigenvalue weighted by Crippen LogP contribution is 2.33. The molecular formula is C22H20N4O2. The van der Waals surface area contributed by atoms with Crippen molar-refractivity contribution in [3.05, 3.63) is 90.1 Å². The Kier molecular flexibility index (Phi) is 5.01. The van der Waals surface area contributed by atoms with Crippen LogP contribution in [0.3, 0.4) is 0 Å². The molecule has 0 radical (unpaired) electrons. The number of hydrogen-bond donors (Lipinski definition) is 1. The van der Waals surface area contributed by atoms with Crippen LogP contribution in [-0.4, -0.2) is 24.0 Å². The quantitative estimate of drug-likeness (QED) is 0.736. The average molecular weight is 372 g/mol. The van der Waals surface area contributed by atoms with E-state index in [9.17, 15) is 4.79 Å². The molecule has 1 aliphatic rings. The first-order valence-electron chi connectivity index (χ1n) is 9.01. The van der Waals surface area contributed by atoms with Crippen molar-refractivity contribution >= 4 is 17.6 Å². The maximum atomic E-state index is 12.8. The second-order valence-electron chi connectivity index (χ2n) is 6.36. The third kappa shape index (κ3) is 3.57. The number of nitrogens with zero attached hydrogens (tertiary/aromatic N) is 3. The van der Waals surface area contributed by atoms with Gasteiger partial charge in [-0.05, 0) is 17.2 Å². The number of aromatic nitrogens is 1. The Morgan fingerprint density at radius 3 is 2.36 bits per heavy atom. The summed E-state index contributed by atoms with van der Waals surface area (Å²) in [5, 5.41) is 3.34. The van der Waals surface area contributed by atoms with Crippen LogP contribution < -0.4 is 15.0 Å². The van der Waals surface area contributed by atoms with E-state index in [1.165, 1.54) is 0 Å². The maximum Gasteiger partial charge on any atom is 0.350 e. The predicted molar refractivity (Wildman–Crippen MR) is 109 cm³/mol. The Hall–Kier alpha value is -3.67. The minimum absolute atomic E-state index is 0.323. The smallest absolute Gasteiger partial charge is 0.350 e. The topological polar surface area (TPSA) is 66.8 Å². The lowest BCUT2D eigenvalue weighted by molar-refractivity contribution is 0.255. The molecule has 3 aromatic rings. The lowest BCUT2D eigenvalue weighted by Crippen LogP contribution is -2.36. The summed E-state index contributed by atoms with van der Waals surface area (Å²) < 4.78 is 5.12. The molecule has 0 bridgehead atoms. The van der Waals surface area contributed by atoms with E-state index < -0.39 is 0 Å². The number of carbonyl (C=O) groups is 1. The highest BCUT2D eigenvalue weighted by atomic mass is 16.5. The standard InChI is InChI=1S/C22H20N4O2/c1-28-19-13-12-18(15-23-19)26-20(17-10-6-3-7-11-17)21(25-22(26)27)24-14-16-8-4-2-5-9-16/h2-13,15,20H,14H2,1H3,(H,24,25,27). The summed E-state index contributed by atoms with van der Waals surface area (Å²) in [6, 6.07) is 22.8. The second-order valence-corrected chi connectivity index (χ2v) is 6.36. The van der Waals surface area contributed by atoms with Gasteiger partial charge in [0.15, 0.2) is 0 Å². The molecule has 140 valence electrons. The van der Waals surface area contributed by atoms with Gasteiger partial charge in [-0.2, -0.15) is 4.99 Å². The Labute approximate surface area is 163 Å². The molecule has 0 spiro atoms. The van der Waals surface area contributed by atoms with Crippen LogP contribution in [0.2, 0.25) is 0 Å². The Balaban J connectivity index is 1.65. The van der Waals surface area contributed by atoms with Crippen LogP contribution in [0.25, 0.3) is 0 Å². The van der Waals surface area contributed by atoms with Crippen LogP contribution in [-0.2, 0) is 6.54 Å². The van der Waals surface area contributed by atoms with Crippen molar-refractivity contribution in [2.24, 2.45) is 4.99 Å². The lowest BCUT2D eigenvalue weighted by atomic mass is 10.0. The molecule has 2 amide bonds. The molecule has 2 aromatic carbocycles. The van der Waals surface area contributed by atoms with Crippen molar-refractivity contribution in [2.75, 3.05) is 12.0 Å². The zero-order valence-corrected chi connectivity index (χ0v) is 15.4. The van der Waals surface area contributed by atoms with Gasteiger partial charge in [-0.25, -0.2) is 9.78 Å². The number of anilines is 1. The van der Waals surface area contributed by atoms with Crippen LogP contribution in [0.1, 0.15) is 17.2 Å². The van der Waals surface area contributed by atoms with Crippen molar-refractivity contribution in [2.45, 2.75) is 12.6 Å². The first-order chi connectivity index (χ1) is 13.8. The van der Waals surface area contributed by atoms with E-state index in [0.29, 0.717) is 23.9 Å². The Morgan fingerprint density at radius 2 is 1.71 bits per heavy atom. The van der Waals surface area contributed by atoms with Crippen molar-refractivity contribution in [1.82, 2.24) is 10.3 Å². The Morgan fingerprint density at radius 1 is 1.00 bits per heavy atom. The van der Waals surface area contributed by atoms with E-state index in [-0.39, 0.29) is 12.1 Å². The molecule has 4 rings (SSSR count). The van der Waals surface area contributed by atoms with Crippen LogP contribution in [0.4, 0.5) is 10.5 Å². The molecule has 1 atom stereocenters. The van der Waals surface area contributed by atoms with Crippen molar-refractivity contribution in [3.8, 4) is 5.88 Å². The zero-order chi connectivity index (χ0) is 19.3. The van der Waals surface area contributed by atoms with Gasteiger partial charge >= 0.3 is 6.03 Å². The molecule has 0 aliphatic carbocycles. The van der Waals surface area contributed by atoms with Crippen molar-refractivity contribution < 1.29 is 9.53 Å². The van der Waals surface area contributed by atoms with Gasteiger partial charge in [-0.15, -0.1) is 0 Å². The zero-order valence-electron chi connectivity index (χ0n) is 15.4. The third-order valence-corrected chi connectivity index (χ3v) is 4.58. The maximum absolute atomic E-state index is 12.8. The van der Waals surface area contributed by atoms with Gasteiger partial charge in [-0.3, -0.25) is 4.90 Å². The fraction of sp³-hybridized carbons (Fsp3) is 0.136. The lowest BCUT2D eigenvalue weighted by Gasteiger charge is -2.26. The number of ether oxygens (including phenoxy) is 1. The largest absolute Gasteiger partial charge is 0.481 e. The van der Waals surface area contributed by atoms with Crippen molar-refractivity contribution in [1.29, 1.82) is 0 Å². The van der Waals surface area contributed by atoms with E-state index >= 15 is 0 Å². The van der Waals surface area contributed by atoms with Gasteiger partial charge in [0, 0.05) is 12.6 Å². The van der Waals surface area contributed by atoms with E-state index in [1.807, 2.05) is 66.7 Å². The molecule has 6 nitrogen and oxygen atoms in total.